The molecule has 1 atom stereocenters. The lowest BCUT2D eigenvalue weighted by Gasteiger charge is -2.30. The zero-order chi connectivity index (χ0) is 19.5. The van der Waals surface area contributed by atoms with E-state index in [4.69, 9.17) is 11.6 Å². The number of carbonyl (C=O) groups is 3. The summed E-state index contributed by atoms with van der Waals surface area (Å²) in [5, 5.41) is 5.75. The molecular formula is C19H26ClN3O3. The number of likely N-dealkylation sites (tertiary alicyclic amines) is 1. The third-order valence-electron chi connectivity index (χ3n) is 4.28. The molecule has 0 saturated carbocycles. The van der Waals surface area contributed by atoms with Crippen LogP contribution in [0, 0.1) is 12.3 Å². The molecule has 6 nitrogen and oxygen atoms in total. The fourth-order valence-electron chi connectivity index (χ4n) is 2.91. The zero-order valence-corrected chi connectivity index (χ0v) is 16.4. The van der Waals surface area contributed by atoms with Gasteiger partial charge in [-0.3, -0.25) is 14.4 Å². The first kappa shape index (κ1) is 20.2. The smallest absolute Gasteiger partial charge is 0.243 e. The van der Waals surface area contributed by atoms with E-state index in [2.05, 4.69) is 10.6 Å². The predicted octanol–water partition coefficient (Wildman–Crippen LogP) is 2.74. The van der Waals surface area contributed by atoms with Crippen molar-refractivity contribution in [1.82, 2.24) is 10.2 Å². The lowest BCUT2D eigenvalue weighted by Crippen LogP contribution is -2.50. The second kappa shape index (κ2) is 8.08. The number of nitrogens with one attached hydrogen (secondary N) is 2. The van der Waals surface area contributed by atoms with E-state index in [1.165, 1.54) is 0 Å². The number of nitrogens with zero attached hydrogens (tertiary/aromatic N) is 1. The summed E-state index contributed by atoms with van der Waals surface area (Å²) in [5.41, 5.74) is 0.954. The molecule has 1 fully saturated rings. The molecule has 0 aliphatic carbocycles. The number of aryl methyl sites for hydroxylation is 1. The molecule has 2 rings (SSSR count). The Kier molecular flexibility index (Phi) is 6.29. The molecule has 1 heterocycles. The Bertz CT molecular complexity index is 712. The molecule has 1 saturated heterocycles. The van der Waals surface area contributed by atoms with Crippen molar-refractivity contribution in [3.63, 3.8) is 0 Å². The number of carbonyl (C=O) groups excluding carboxylic acids is 3. The van der Waals surface area contributed by atoms with E-state index in [9.17, 15) is 14.4 Å². The monoisotopic (exact) mass is 379 g/mol. The fraction of sp³-hybridized carbons (Fsp3) is 0.526. The summed E-state index contributed by atoms with van der Waals surface area (Å²) in [7, 11) is 0. The van der Waals surface area contributed by atoms with Crippen molar-refractivity contribution in [3.05, 3.63) is 28.8 Å². The lowest BCUT2D eigenvalue weighted by atomic mass is 9.94. The van der Waals surface area contributed by atoms with Crippen molar-refractivity contribution in [2.24, 2.45) is 5.41 Å². The topological polar surface area (TPSA) is 78.5 Å². The Hall–Kier alpha value is -2.08. The molecule has 1 unspecified atom stereocenters. The average Bonchev–Trinajstić information content (AvgIpc) is 3.03. The van der Waals surface area contributed by atoms with Crippen molar-refractivity contribution in [2.45, 2.75) is 46.6 Å². The van der Waals surface area contributed by atoms with Gasteiger partial charge in [0.25, 0.3) is 0 Å². The summed E-state index contributed by atoms with van der Waals surface area (Å²) in [4.78, 5) is 38.6. The predicted molar refractivity (Wildman–Crippen MR) is 102 cm³/mol. The van der Waals surface area contributed by atoms with Gasteiger partial charge in [0, 0.05) is 12.0 Å². The summed E-state index contributed by atoms with van der Waals surface area (Å²) >= 11 is 6.09. The van der Waals surface area contributed by atoms with Gasteiger partial charge in [-0.2, -0.15) is 0 Å². The molecule has 2 N–H and O–H groups in total. The Morgan fingerprint density at radius 1 is 1.27 bits per heavy atom. The molecule has 0 aromatic heterocycles. The van der Waals surface area contributed by atoms with Gasteiger partial charge in [-0.15, -0.1) is 0 Å². The van der Waals surface area contributed by atoms with Crippen LogP contribution in [0.15, 0.2) is 18.2 Å². The van der Waals surface area contributed by atoms with Crippen molar-refractivity contribution < 1.29 is 14.4 Å². The van der Waals surface area contributed by atoms with Crippen LogP contribution in [0.1, 0.15) is 39.2 Å². The van der Waals surface area contributed by atoms with Gasteiger partial charge in [-0.1, -0.05) is 38.4 Å². The average molecular weight is 380 g/mol. The third kappa shape index (κ3) is 4.97. The summed E-state index contributed by atoms with van der Waals surface area (Å²) in [5.74, 6) is -0.716. The van der Waals surface area contributed by atoms with E-state index in [1.807, 2.05) is 33.8 Å². The molecular weight excluding hydrogens is 354 g/mol. The zero-order valence-electron chi connectivity index (χ0n) is 15.7. The quantitative estimate of drug-likeness (QED) is 0.844. The maximum absolute atomic E-state index is 12.5. The number of benzene rings is 1. The number of halogens is 1. The van der Waals surface area contributed by atoms with Gasteiger partial charge in [0.15, 0.2) is 0 Å². The maximum Gasteiger partial charge on any atom is 0.243 e. The second-order valence-corrected chi connectivity index (χ2v) is 8.06. The number of hydrogen-bond donors (Lipinski definition) is 2. The van der Waals surface area contributed by atoms with Gasteiger partial charge in [0.1, 0.15) is 6.04 Å². The molecule has 1 aromatic rings. The summed E-state index contributed by atoms with van der Waals surface area (Å²) in [6.07, 6.45) is 1.39. The Morgan fingerprint density at radius 3 is 2.58 bits per heavy atom. The van der Waals surface area contributed by atoms with E-state index in [-0.39, 0.29) is 24.3 Å². The minimum atomic E-state index is -0.539. The summed E-state index contributed by atoms with van der Waals surface area (Å²) in [6.45, 7) is 7.81. The Morgan fingerprint density at radius 2 is 1.96 bits per heavy atom. The van der Waals surface area contributed by atoms with Crippen LogP contribution in [-0.4, -0.2) is 41.8 Å². The van der Waals surface area contributed by atoms with Crippen molar-refractivity contribution in [1.29, 1.82) is 0 Å². The van der Waals surface area contributed by atoms with E-state index >= 15 is 0 Å². The summed E-state index contributed by atoms with van der Waals surface area (Å²) < 4.78 is 0. The molecule has 1 aromatic carbocycles. The van der Waals surface area contributed by atoms with Gasteiger partial charge < -0.3 is 15.5 Å². The molecule has 0 radical (unpaired) electrons. The van der Waals surface area contributed by atoms with Crippen molar-refractivity contribution >= 4 is 35.0 Å². The van der Waals surface area contributed by atoms with Crippen LogP contribution in [0.5, 0.6) is 0 Å². The van der Waals surface area contributed by atoms with E-state index in [1.54, 1.807) is 17.0 Å². The van der Waals surface area contributed by atoms with E-state index in [0.29, 0.717) is 23.7 Å². The first-order chi connectivity index (χ1) is 12.1. The van der Waals surface area contributed by atoms with Crippen molar-refractivity contribution in [2.75, 3.05) is 18.4 Å². The third-order valence-corrected chi connectivity index (χ3v) is 4.59. The Labute approximate surface area is 159 Å². The molecule has 142 valence electrons. The van der Waals surface area contributed by atoms with Crippen LogP contribution in [0.25, 0.3) is 0 Å². The van der Waals surface area contributed by atoms with E-state index < -0.39 is 11.5 Å². The highest BCUT2D eigenvalue weighted by molar-refractivity contribution is 6.33. The molecule has 0 bridgehead atoms. The molecule has 1 aliphatic rings. The standard InChI is InChI=1S/C19H26ClN3O3/c1-12-7-8-14(13(20)10-12)22-16(24)11-21-17(25)15-6-5-9-23(15)18(26)19(2,3)4/h7-8,10,15H,5-6,9,11H2,1-4H3,(H,21,25)(H,22,24). The first-order valence-electron chi connectivity index (χ1n) is 8.74. The summed E-state index contributed by atoms with van der Waals surface area (Å²) in [6, 6.07) is 4.80. The van der Waals surface area contributed by atoms with Crippen LogP contribution >= 0.6 is 11.6 Å². The fourth-order valence-corrected chi connectivity index (χ4v) is 3.20. The Balaban J connectivity index is 1.91. The highest BCUT2D eigenvalue weighted by atomic mass is 35.5. The number of amides is 3. The normalized spacial score (nSPS) is 17.1. The van der Waals surface area contributed by atoms with Crippen LogP contribution in [0.3, 0.4) is 0 Å². The second-order valence-electron chi connectivity index (χ2n) is 7.66. The van der Waals surface area contributed by atoms with Gasteiger partial charge >= 0.3 is 0 Å². The molecule has 1 aliphatic heterocycles. The van der Waals surface area contributed by atoms with E-state index in [0.717, 1.165) is 12.0 Å². The first-order valence-corrected chi connectivity index (χ1v) is 9.12. The highest BCUT2D eigenvalue weighted by Gasteiger charge is 2.38. The number of anilines is 1. The van der Waals surface area contributed by atoms with Crippen LogP contribution in [0.2, 0.25) is 5.02 Å². The molecule has 7 heteroatoms. The van der Waals surface area contributed by atoms with Crippen LogP contribution in [0.4, 0.5) is 5.69 Å². The molecule has 0 spiro atoms. The van der Waals surface area contributed by atoms with Gasteiger partial charge in [0.05, 0.1) is 17.3 Å². The number of rotatable bonds is 4. The lowest BCUT2D eigenvalue weighted by molar-refractivity contribution is -0.144. The highest BCUT2D eigenvalue weighted by Crippen LogP contribution is 2.25. The largest absolute Gasteiger partial charge is 0.345 e. The van der Waals surface area contributed by atoms with Crippen molar-refractivity contribution in [3.8, 4) is 0 Å². The van der Waals surface area contributed by atoms with Gasteiger partial charge in [-0.25, -0.2) is 0 Å². The molecule has 3 amide bonds. The SMILES string of the molecule is Cc1ccc(NC(=O)CNC(=O)C2CCCN2C(=O)C(C)(C)C)c(Cl)c1. The van der Waals surface area contributed by atoms with Crippen LogP contribution in [-0.2, 0) is 14.4 Å². The maximum atomic E-state index is 12.5. The van der Waals surface area contributed by atoms with Crippen LogP contribution < -0.4 is 10.6 Å². The number of hydrogen-bond acceptors (Lipinski definition) is 3. The molecule has 26 heavy (non-hydrogen) atoms. The van der Waals surface area contributed by atoms with Gasteiger partial charge in [0.2, 0.25) is 17.7 Å². The minimum absolute atomic E-state index is 0.0500. The minimum Gasteiger partial charge on any atom is -0.345 e. The van der Waals surface area contributed by atoms with Gasteiger partial charge in [-0.05, 0) is 37.5 Å².